The largest absolute Gasteiger partial charge is 0.486 e. The van der Waals surface area contributed by atoms with E-state index in [0.717, 1.165) is 12.8 Å². The van der Waals surface area contributed by atoms with E-state index in [4.69, 9.17) is 14.2 Å². The molecule has 0 spiro atoms. The van der Waals surface area contributed by atoms with Crippen molar-refractivity contribution in [1.82, 2.24) is 9.78 Å². The fraction of sp³-hybridized carbons (Fsp3) is 0.593. The number of anilines is 1. The molecule has 0 saturated carbocycles. The Labute approximate surface area is 229 Å². The molecule has 2 aliphatic rings. The van der Waals surface area contributed by atoms with Crippen LogP contribution in [0, 0.1) is 0 Å². The number of aryl methyl sites for hydroxylation is 1. The Kier molecular flexibility index (Phi) is 8.55. The molecule has 0 bridgehead atoms. The van der Waals surface area contributed by atoms with Crippen LogP contribution in [0.25, 0.3) is 0 Å². The third-order valence-electron chi connectivity index (χ3n) is 6.43. The summed E-state index contributed by atoms with van der Waals surface area (Å²) in [6, 6.07) is 4.98. The summed E-state index contributed by atoms with van der Waals surface area (Å²) in [5.41, 5.74) is 0.773. The average molecular weight is 564 g/mol. The van der Waals surface area contributed by atoms with Gasteiger partial charge in [0.15, 0.2) is 4.90 Å². The van der Waals surface area contributed by atoms with Gasteiger partial charge < -0.3 is 24.1 Å². The minimum atomic E-state index is -4.22. The van der Waals surface area contributed by atoms with E-state index in [2.05, 4.69) is 5.10 Å². The Bertz CT molecular complexity index is 1330. The Morgan fingerprint density at radius 3 is 2.69 bits per heavy atom. The first-order valence-corrected chi connectivity index (χ1v) is 14.7. The third kappa shape index (κ3) is 6.73. The summed E-state index contributed by atoms with van der Waals surface area (Å²) in [5.74, 6) is -0.153. The maximum Gasteiger partial charge on any atom is 0.310 e. The second-order valence-corrected chi connectivity index (χ2v) is 12.7. The highest BCUT2D eigenvalue weighted by molar-refractivity contribution is 7.93. The van der Waals surface area contributed by atoms with E-state index in [9.17, 15) is 23.1 Å². The maximum absolute atomic E-state index is 14.4. The molecule has 3 heterocycles. The summed E-state index contributed by atoms with van der Waals surface area (Å²) in [4.78, 5) is 24.2. The quantitative estimate of drug-likeness (QED) is 0.433. The topological polar surface area (TPSA) is 137 Å². The number of nitrogens with zero attached hydrogens (tertiary/aromatic N) is 3. The molecular weight excluding hydrogens is 526 g/mol. The van der Waals surface area contributed by atoms with Gasteiger partial charge in [0.2, 0.25) is 0 Å². The van der Waals surface area contributed by atoms with Crippen molar-refractivity contribution >= 4 is 27.5 Å². The highest BCUT2D eigenvalue weighted by atomic mass is 32.2. The zero-order chi connectivity index (χ0) is 28.4. The maximum atomic E-state index is 14.4. The summed E-state index contributed by atoms with van der Waals surface area (Å²) in [7, 11) is -4.22. The van der Waals surface area contributed by atoms with Gasteiger partial charge in [-0.25, -0.2) is 8.42 Å². The van der Waals surface area contributed by atoms with Gasteiger partial charge in [0.1, 0.15) is 29.8 Å². The predicted octanol–water partition coefficient (Wildman–Crippen LogP) is 2.80. The fourth-order valence-electron chi connectivity index (χ4n) is 4.80. The van der Waals surface area contributed by atoms with Crippen molar-refractivity contribution in [3.8, 4) is 11.6 Å². The van der Waals surface area contributed by atoms with Crippen molar-refractivity contribution < 1.29 is 37.3 Å². The molecule has 1 aromatic heterocycles. The number of rotatable bonds is 10. The number of esters is 1. The van der Waals surface area contributed by atoms with Crippen LogP contribution in [0.5, 0.6) is 11.6 Å². The summed E-state index contributed by atoms with van der Waals surface area (Å²) < 4.78 is 48.9. The van der Waals surface area contributed by atoms with Crippen LogP contribution in [0.4, 0.5) is 5.69 Å². The van der Waals surface area contributed by atoms with Crippen molar-refractivity contribution in [3.05, 3.63) is 29.5 Å². The molecule has 4 rings (SSSR count). The van der Waals surface area contributed by atoms with E-state index >= 15 is 0 Å². The van der Waals surface area contributed by atoms with Gasteiger partial charge in [-0.05, 0) is 71.1 Å². The molecule has 0 fully saturated rings. The Morgan fingerprint density at radius 2 is 2.00 bits per heavy atom. The molecule has 0 aliphatic carbocycles. The number of hydrogen-bond acceptors (Lipinski definition) is 9. The lowest BCUT2D eigenvalue weighted by molar-refractivity contribution is -0.153. The molecule has 1 aromatic carbocycles. The second-order valence-electron chi connectivity index (χ2n) is 10.9. The normalized spacial score (nSPS) is 17.2. The van der Waals surface area contributed by atoms with Crippen LogP contribution in [0.3, 0.4) is 0 Å². The number of aliphatic hydroxyl groups excluding tert-OH is 1. The standard InChI is InChI=1S/C27H37N3O8S/c1-18(32)8-10-20-17-30(22-15-19(9-11-23(22)37-20)16-24(33)38-27(2,3)4)39(34,35)25-21-7-5-6-12-29(21)28-26(25)36-14-13-31/h9,11,15,20,31H,5-8,10,12-14,16-17H2,1-4H3/t20-/m0/s1. The molecule has 0 saturated heterocycles. The number of carbonyl (C=O) groups is 2. The lowest BCUT2D eigenvalue weighted by atomic mass is 10.1. The predicted molar refractivity (Wildman–Crippen MR) is 143 cm³/mol. The van der Waals surface area contributed by atoms with Crippen LogP contribution in [-0.4, -0.2) is 66.5 Å². The smallest absolute Gasteiger partial charge is 0.310 e. The van der Waals surface area contributed by atoms with Gasteiger partial charge >= 0.3 is 5.97 Å². The van der Waals surface area contributed by atoms with Gasteiger partial charge in [-0.15, -0.1) is 5.10 Å². The number of hydrogen-bond donors (Lipinski definition) is 1. The molecule has 39 heavy (non-hydrogen) atoms. The van der Waals surface area contributed by atoms with Crippen LogP contribution in [0.15, 0.2) is 23.1 Å². The number of benzene rings is 1. The molecular formula is C27H37N3O8S. The van der Waals surface area contributed by atoms with E-state index in [1.54, 1.807) is 43.7 Å². The number of fused-ring (bicyclic) bond motifs is 2. The molecule has 0 unspecified atom stereocenters. The molecule has 2 aliphatic heterocycles. The second kappa shape index (κ2) is 11.5. The molecule has 0 radical (unpaired) electrons. The number of sulfonamides is 1. The van der Waals surface area contributed by atoms with Crippen molar-refractivity contribution in [2.75, 3.05) is 24.1 Å². The highest BCUT2D eigenvalue weighted by Gasteiger charge is 2.40. The Hall–Kier alpha value is -3.12. The molecule has 1 atom stereocenters. The van der Waals surface area contributed by atoms with Crippen LogP contribution in [0.2, 0.25) is 0 Å². The lowest BCUT2D eigenvalue weighted by Crippen LogP contribution is -2.44. The molecule has 0 amide bonds. The Balaban J connectivity index is 1.76. The van der Waals surface area contributed by atoms with E-state index in [0.29, 0.717) is 42.1 Å². The minimum Gasteiger partial charge on any atom is -0.486 e. The van der Waals surface area contributed by atoms with Gasteiger partial charge in [-0.2, -0.15) is 0 Å². The summed E-state index contributed by atoms with van der Waals surface area (Å²) in [6.45, 7) is 6.99. The first kappa shape index (κ1) is 28.9. The number of ether oxygens (including phenoxy) is 3. The van der Waals surface area contributed by atoms with Crippen molar-refractivity contribution in [3.63, 3.8) is 0 Å². The van der Waals surface area contributed by atoms with E-state index < -0.39 is 27.7 Å². The van der Waals surface area contributed by atoms with Crippen molar-refractivity contribution in [2.45, 2.75) is 89.4 Å². The van der Waals surface area contributed by atoms with Gasteiger partial charge in [-0.3, -0.25) is 13.8 Å². The van der Waals surface area contributed by atoms with Gasteiger partial charge in [-0.1, -0.05) is 6.07 Å². The van der Waals surface area contributed by atoms with Gasteiger partial charge in [0.05, 0.1) is 31.0 Å². The first-order valence-electron chi connectivity index (χ1n) is 13.3. The van der Waals surface area contributed by atoms with Crippen LogP contribution in [0.1, 0.15) is 64.6 Å². The van der Waals surface area contributed by atoms with E-state index in [-0.39, 0.29) is 49.2 Å². The lowest BCUT2D eigenvalue weighted by Gasteiger charge is -2.36. The van der Waals surface area contributed by atoms with Crippen molar-refractivity contribution in [1.29, 1.82) is 0 Å². The number of aromatic nitrogens is 2. The van der Waals surface area contributed by atoms with Gasteiger partial charge in [0.25, 0.3) is 15.9 Å². The SMILES string of the molecule is CC(=O)CC[C@H]1CN(S(=O)(=O)c2c(OCCO)nn3c2CCCC3)c2cc(CC(=O)OC(C)(C)C)ccc2O1. The number of aliphatic hydroxyl groups is 1. The van der Waals surface area contributed by atoms with Crippen molar-refractivity contribution in [2.24, 2.45) is 0 Å². The summed E-state index contributed by atoms with van der Waals surface area (Å²) >= 11 is 0. The highest BCUT2D eigenvalue weighted by Crippen LogP contribution is 2.42. The van der Waals surface area contributed by atoms with Gasteiger partial charge in [0, 0.05) is 13.0 Å². The van der Waals surface area contributed by atoms with Crippen LogP contribution < -0.4 is 13.8 Å². The average Bonchev–Trinajstić information content (AvgIpc) is 3.23. The monoisotopic (exact) mass is 563 g/mol. The minimum absolute atomic E-state index is 0.0168. The molecule has 12 heteroatoms. The zero-order valence-corrected chi connectivity index (χ0v) is 23.8. The number of Topliss-reactive ketones (excluding diaryl/α,β-unsaturated/α-hetero) is 1. The zero-order valence-electron chi connectivity index (χ0n) is 22.9. The number of ketones is 1. The Morgan fingerprint density at radius 1 is 1.23 bits per heavy atom. The third-order valence-corrected chi connectivity index (χ3v) is 8.29. The van der Waals surface area contributed by atoms with E-state index in [1.165, 1.54) is 11.2 Å². The van der Waals surface area contributed by atoms with E-state index in [1.807, 2.05) is 0 Å². The molecule has 2 aromatic rings. The summed E-state index contributed by atoms with van der Waals surface area (Å²) in [5, 5.41) is 13.7. The molecule has 1 N–H and O–H groups in total. The first-order chi connectivity index (χ1) is 18.4. The summed E-state index contributed by atoms with van der Waals surface area (Å²) in [6.07, 6.45) is 2.21. The fourth-order valence-corrected chi connectivity index (χ4v) is 6.61. The van der Waals surface area contributed by atoms with Crippen LogP contribution in [-0.2, 0) is 43.7 Å². The molecule has 11 nitrogen and oxygen atoms in total. The van der Waals surface area contributed by atoms with Crippen LogP contribution >= 0.6 is 0 Å². The molecule has 214 valence electrons. The number of carbonyl (C=O) groups excluding carboxylic acids is 2.